The molecular formula is C37H52N10O7S. The second-order valence-electron chi connectivity index (χ2n) is 14.4. The first-order valence-electron chi connectivity index (χ1n) is 19.0. The van der Waals surface area contributed by atoms with Crippen LogP contribution in [-0.2, 0) is 25.7 Å². The van der Waals surface area contributed by atoms with Crippen LogP contribution in [0.5, 0.6) is 11.5 Å². The van der Waals surface area contributed by atoms with E-state index in [1.54, 1.807) is 18.9 Å². The van der Waals surface area contributed by atoms with Gasteiger partial charge in [-0.15, -0.1) is 11.8 Å². The summed E-state index contributed by atoms with van der Waals surface area (Å²) in [5.74, 6) is 0.740. The third-order valence-corrected chi connectivity index (χ3v) is 12.1. The van der Waals surface area contributed by atoms with E-state index >= 15 is 0 Å². The van der Waals surface area contributed by atoms with Crippen LogP contribution in [-0.4, -0.2) is 129 Å². The molecule has 0 bridgehead atoms. The van der Waals surface area contributed by atoms with Crippen LogP contribution >= 0.6 is 11.8 Å². The Morgan fingerprint density at radius 1 is 1.05 bits per heavy atom. The summed E-state index contributed by atoms with van der Waals surface area (Å²) in [6.45, 7) is 6.08. The Kier molecular flexibility index (Phi) is 12.9. The Balaban J connectivity index is 1.02. The molecule has 2 aromatic heterocycles. The number of hydrogen-bond acceptors (Lipinski definition) is 14. The number of imide groups is 1. The number of carboxylic acids is 1. The summed E-state index contributed by atoms with van der Waals surface area (Å²) >= 11 is 1.13. The van der Waals surface area contributed by atoms with Crippen molar-refractivity contribution in [1.29, 1.82) is 0 Å². The number of nitrogens with one attached hydrogen (secondary N) is 1. The minimum absolute atomic E-state index is 0.0620. The number of amides is 3. The highest BCUT2D eigenvalue weighted by Crippen LogP contribution is 2.37. The number of anilines is 3. The third-order valence-electron chi connectivity index (χ3n) is 10.8. The number of likely N-dealkylation sites (tertiary alicyclic amines) is 1. The maximum absolute atomic E-state index is 13.6. The molecule has 17 nitrogen and oxygen atoms in total. The van der Waals surface area contributed by atoms with Gasteiger partial charge in [0, 0.05) is 75.2 Å². The Morgan fingerprint density at radius 2 is 1.75 bits per heavy atom. The Bertz CT molecular complexity index is 1850. The van der Waals surface area contributed by atoms with Gasteiger partial charge in [0.2, 0.25) is 23.7 Å². The van der Waals surface area contributed by atoms with Gasteiger partial charge in [-0.2, -0.15) is 10.1 Å². The number of piperazine rings is 1. The van der Waals surface area contributed by atoms with Gasteiger partial charge in [-0.25, -0.2) is 4.98 Å². The standard InChI is InChI=1S/C37H52N10O7S/c1-4-5-10-40-33-32-27(41-37(39)42-33)20-46(43-32)19-25-28(53-2)15-24(16-29(25)54-3)44-11-13-45(14-12-44)34(49)23-8-6-22(7-9-23)18-47-31(48)17-30(35(47)50)55-21-26(38)36(51)52/h15-16,20,22-23,26,30H,4-14,17-19,21,38H2,1-3H3,(H,51,52)(H3,39,40,41,42). The molecule has 1 aliphatic carbocycles. The monoisotopic (exact) mass is 780 g/mol. The maximum Gasteiger partial charge on any atom is 0.321 e. The molecule has 1 saturated carbocycles. The van der Waals surface area contributed by atoms with Crippen molar-refractivity contribution in [3.8, 4) is 11.5 Å². The van der Waals surface area contributed by atoms with Crippen LogP contribution in [0.4, 0.5) is 17.5 Å². The maximum atomic E-state index is 13.6. The smallest absolute Gasteiger partial charge is 0.321 e. The topological polar surface area (TPSA) is 224 Å². The molecule has 2 saturated heterocycles. The van der Waals surface area contributed by atoms with E-state index in [1.165, 1.54) is 4.90 Å². The van der Waals surface area contributed by atoms with E-state index in [0.29, 0.717) is 80.5 Å². The number of carboxylic acid groups (broad SMARTS) is 1. The zero-order valence-corrected chi connectivity index (χ0v) is 32.6. The number of fused-ring (bicyclic) bond motifs is 1. The third kappa shape index (κ3) is 9.18. The molecule has 0 spiro atoms. The molecule has 3 fully saturated rings. The first-order chi connectivity index (χ1) is 26.5. The lowest BCUT2D eigenvalue weighted by Gasteiger charge is -2.39. The number of methoxy groups -OCH3 is 2. The van der Waals surface area contributed by atoms with E-state index in [2.05, 4.69) is 27.1 Å². The fourth-order valence-corrected chi connectivity index (χ4v) is 8.71. The molecule has 2 atom stereocenters. The van der Waals surface area contributed by atoms with Crippen LogP contribution in [0.15, 0.2) is 18.3 Å². The summed E-state index contributed by atoms with van der Waals surface area (Å²) < 4.78 is 13.5. The summed E-state index contributed by atoms with van der Waals surface area (Å²) in [5, 5.41) is 16.5. The summed E-state index contributed by atoms with van der Waals surface area (Å²) in [6, 6.07) is 2.91. The van der Waals surface area contributed by atoms with Crippen LogP contribution in [0.3, 0.4) is 0 Å². The van der Waals surface area contributed by atoms with E-state index in [0.717, 1.165) is 55.2 Å². The molecule has 55 heavy (non-hydrogen) atoms. The fraction of sp³-hybridized carbons (Fsp3) is 0.595. The zero-order chi connectivity index (χ0) is 39.2. The lowest BCUT2D eigenvalue weighted by atomic mass is 9.81. The minimum Gasteiger partial charge on any atom is -0.496 e. The van der Waals surface area contributed by atoms with Crippen molar-refractivity contribution in [2.75, 3.05) is 75.2 Å². The second kappa shape index (κ2) is 17.7. The molecule has 2 aliphatic heterocycles. The van der Waals surface area contributed by atoms with Gasteiger partial charge in [-0.1, -0.05) is 13.3 Å². The molecule has 3 amide bonds. The number of hydrogen-bond donors (Lipinski definition) is 4. The number of rotatable bonds is 16. The number of nitrogens with two attached hydrogens (primary N) is 2. The molecule has 6 N–H and O–H groups in total. The number of carbonyl (C=O) groups excluding carboxylic acids is 3. The highest BCUT2D eigenvalue weighted by atomic mass is 32.2. The van der Waals surface area contributed by atoms with Gasteiger partial charge >= 0.3 is 5.97 Å². The lowest BCUT2D eigenvalue weighted by molar-refractivity contribution is -0.141. The van der Waals surface area contributed by atoms with Crippen molar-refractivity contribution >= 4 is 63.9 Å². The number of nitrogens with zero attached hydrogens (tertiary/aromatic N) is 7. The van der Waals surface area contributed by atoms with Crippen LogP contribution < -0.4 is 31.2 Å². The number of aromatic nitrogens is 4. The van der Waals surface area contributed by atoms with E-state index in [9.17, 15) is 19.2 Å². The molecule has 0 radical (unpaired) electrons. The number of ether oxygens (including phenoxy) is 2. The zero-order valence-electron chi connectivity index (χ0n) is 31.7. The van der Waals surface area contributed by atoms with Gasteiger partial charge < -0.3 is 41.2 Å². The predicted octanol–water partition coefficient (Wildman–Crippen LogP) is 2.41. The van der Waals surface area contributed by atoms with Crippen molar-refractivity contribution in [2.45, 2.75) is 69.7 Å². The molecule has 3 aromatic rings. The quantitative estimate of drug-likeness (QED) is 0.121. The average molecular weight is 781 g/mol. The molecule has 6 rings (SSSR count). The first-order valence-corrected chi connectivity index (χ1v) is 20.0. The highest BCUT2D eigenvalue weighted by Gasteiger charge is 2.41. The summed E-state index contributed by atoms with van der Waals surface area (Å²) in [4.78, 5) is 64.5. The summed E-state index contributed by atoms with van der Waals surface area (Å²) in [7, 11) is 3.26. The van der Waals surface area contributed by atoms with E-state index in [4.69, 9.17) is 31.1 Å². The summed E-state index contributed by atoms with van der Waals surface area (Å²) in [5.41, 5.74) is 14.6. The Morgan fingerprint density at radius 3 is 2.38 bits per heavy atom. The molecule has 18 heteroatoms. The van der Waals surface area contributed by atoms with Crippen molar-refractivity contribution in [2.24, 2.45) is 17.6 Å². The van der Waals surface area contributed by atoms with E-state index in [-0.39, 0.29) is 47.7 Å². The molecule has 3 aliphatic rings. The van der Waals surface area contributed by atoms with Crippen molar-refractivity contribution in [3.05, 3.63) is 23.9 Å². The van der Waals surface area contributed by atoms with Crippen LogP contribution in [0.1, 0.15) is 57.4 Å². The normalized spacial score (nSPS) is 20.9. The summed E-state index contributed by atoms with van der Waals surface area (Å²) in [6.07, 6.45) is 6.88. The number of aliphatic carboxylic acids is 1. The SMILES string of the molecule is CCCCNc1nc(N)nc2cn(Cc3c(OC)cc(N4CCN(C(=O)C5CCC(CN6C(=O)CC(SCC(N)C(=O)O)C6=O)CC5)CC4)cc3OC)nc12. The van der Waals surface area contributed by atoms with Crippen molar-refractivity contribution < 1.29 is 33.8 Å². The van der Waals surface area contributed by atoms with Crippen LogP contribution in [0, 0.1) is 11.8 Å². The van der Waals surface area contributed by atoms with Gasteiger partial charge in [0.05, 0.1) is 37.8 Å². The lowest BCUT2D eigenvalue weighted by Crippen LogP contribution is -2.51. The Hall–Kier alpha value is -4.84. The van der Waals surface area contributed by atoms with Crippen LogP contribution in [0.2, 0.25) is 0 Å². The number of thioether (sulfide) groups is 1. The number of unbranched alkanes of at least 4 members (excludes halogenated alkanes) is 1. The van der Waals surface area contributed by atoms with Gasteiger partial charge in [-0.3, -0.25) is 28.8 Å². The van der Waals surface area contributed by atoms with E-state index < -0.39 is 17.3 Å². The predicted molar refractivity (Wildman–Crippen MR) is 209 cm³/mol. The largest absolute Gasteiger partial charge is 0.496 e. The average Bonchev–Trinajstić information content (AvgIpc) is 3.71. The molecule has 2 unspecified atom stereocenters. The van der Waals surface area contributed by atoms with Gasteiger partial charge in [-0.05, 0) is 38.0 Å². The number of carbonyl (C=O) groups is 4. The molecule has 298 valence electrons. The van der Waals surface area contributed by atoms with Gasteiger partial charge in [0.25, 0.3) is 0 Å². The van der Waals surface area contributed by atoms with Gasteiger partial charge in [0.1, 0.15) is 23.1 Å². The molecule has 1 aromatic carbocycles. The fourth-order valence-electron chi connectivity index (χ4n) is 7.60. The van der Waals surface area contributed by atoms with Gasteiger partial charge in [0.15, 0.2) is 11.3 Å². The number of nitrogen functional groups attached to an aromatic ring is 1. The van der Waals surface area contributed by atoms with Crippen molar-refractivity contribution in [1.82, 2.24) is 29.5 Å². The Labute approximate surface area is 324 Å². The van der Waals surface area contributed by atoms with Crippen molar-refractivity contribution in [3.63, 3.8) is 0 Å². The number of benzene rings is 1. The highest BCUT2D eigenvalue weighted by molar-refractivity contribution is 8.00. The first kappa shape index (κ1) is 39.8. The minimum atomic E-state index is -1.13. The molecule has 4 heterocycles. The second-order valence-corrected chi connectivity index (χ2v) is 15.7. The molecular weight excluding hydrogens is 729 g/mol. The van der Waals surface area contributed by atoms with E-state index in [1.807, 2.05) is 23.2 Å². The van der Waals surface area contributed by atoms with Crippen LogP contribution in [0.25, 0.3) is 11.0 Å².